The van der Waals surface area contributed by atoms with Crippen LogP contribution in [0.3, 0.4) is 0 Å². The highest BCUT2D eigenvalue weighted by molar-refractivity contribution is 6.26. The molecule has 27 heavy (non-hydrogen) atoms. The SMILES string of the molecule is O=C(CN1C(=O)c2cccc3cccc(c23)C1=O)NCc1ccccc1F. The molecule has 0 bridgehead atoms. The summed E-state index contributed by atoms with van der Waals surface area (Å²) in [6, 6.07) is 16.5. The number of imide groups is 1. The molecule has 5 nitrogen and oxygen atoms in total. The topological polar surface area (TPSA) is 66.5 Å². The van der Waals surface area contributed by atoms with Crippen LogP contribution in [0, 0.1) is 5.82 Å². The van der Waals surface area contributed by atoms with Gasteiger partial charge in [0, 0.05) is 28.6 Å². The maximum absolute atomic E-state index is 13.6. The minimum atomic E-state index is -0.536. The van der Waals surface area contributed by atoms with Crippen molar-refractivity contribution in [2.45, 2.75) is 6.54 Å². The van der Waals surface area contributed by atoms with E-state index in [2.05, 4.69) is 5.32 Å². The maximum Gasteiger partial charge on any atom is 0.261 e. The molecule has 0 radical (unpaired) electrons. The van der Waals surface area contributed by atoms with Crippen LogP contribution in [-0.4, -0.2) is 29.2 Å². The third-order valence-electron chi connectivity index (χ3n) is 4.59. The van der Waals surface area contributed by atoms with Crippen molar-refractivity contribution in [3.8, 4) is 0 Å². The molecule has 3 aromatic rings. The fourth-order valence-electron chi connectivity index (χ4n) is 3.26. The van der Waals surface area contributed by atoms with Gasteiger partial charge in [-0.3, -0.25) is 19.3 Å². The van der Waals surface area contributed by atoms with Crippen molar-refractivity contribution < 1.29 is 18.8 Å². The highest BCUT2D eigenvalue weighted by Gasteiger charge is 2.33. The van der Waals surface area contributed by atoms with Crippen LogP contribution in [0.25, 0.3) is 10.8 Å². The van der Waals surface area contributed by atoms with E-state index in [1.165, 1.54) is 6.07 Å². The Bertz CT molecular complexity index is 1040. The summed E-state index contributed by atoms with van der Waals surface area (Å²) in [4.78, 5) is 38.7. The third-order valence-corrected chi connectivity index (χ3v) is 4.59. The summed E-state index contributed by atoms with van der Waals surface area (Å²) in [6.45, 7) is -0.440. The Labute approximate surface area is 154 Å². The van der Waals surface area contributed by atoms with Gasteiger partial charge in [0.2, 0.25) is 5.91 Å². The predicted octanol–water partition coefficient (Wildman–Crippen LogP) is 2.89. The summed E-state index contributed by atoms with van der Waals surface area (Å²) >= 11 is 0. The normalized spacial score (nSPS) is 13.1. The van der Waals surface area contributed by atoms with E-state index in [1.54, 1.807) is 42.5 Å². The fourth-order valence-corrected chi connectivity index (χ4v) is 3.26. The van der Waals surface area contributed by atoms with Gasteiger partial charge >= 0.3 is 0 Å². The van der Waals surface area contributed by atoms with Gasteiger partial charge in [0.05, 0.1) is 0 Å². The standard InChI is InChI=1S/C21H15FN2O3/c22-17-10-2-1-5-14(17)11-23-18(25)12-24-20(26)15-8-3-6-13-7-4-9-16(19(13)15)21(24)27/h1-10H,11-12H2,(H,23,25). The molecule has 134 valence electrons. The van der Waals surface area contributed by atoms with E-state index in [0.717, 1.165) is 10.3 Å². The van der Waals surface area contributed by atoms with Crippen LogP contribution < -0.4 is 5.32 Å². The van der Waals surface area contributed by atoms with E-state index in [0.29, 0.717) is 22.1 Å². The van der Waals surface area contributed by atoms with Crippen LogP contribution in [0.4, 0.5) is 4.39 Å². The van der Waals surface area contributed by atoms with Crippen molar-refractivity contribution >= 4 is 28.5 Å². The Morgan fingerprint density at radius 2 is 1.52 bits per heavy atom. The van der Waals surface area contributed by atoms with E-state index in [4.69, 9.17) is 0 Å². The Morgan fingerprint density at radius 3 is 2.15 bits per heavy atom. The molecular formula is C21H15FN2O3. The zero-order valence-corrected chi connectivity index (χ0v) is 14.2. The molecule has 0 unspecified atom stereocenters. The molecule has 6 heteroatoms. The summed E-state index contributed by atoms with van der Waals surface area (Å²) < 4.78 is 13.6. The summed E-state index contributed by atoms with van der Waals surface area (Å²) in [7, 11) is 0. The minimum absolute atomic E-state index is 0.0199. The van der Waals surface area contributed by atoms with Gasteiger partial charge in [-0.25, -0.2) is 4.39 Å². The molecule has 0 atom stereocenters. The van der Waals surface area contributed by atoms with E-state index in [-0.39, 0.29) is 6.54 Å². The number of hydrogen-bond acceptors (Lipinski definition) is 3. The van der Waals surface area contributed by atoms with Crippen molar-refractivity contribution in [2.75, 3.05) is 6.54 Å². The Hall–Kier alpha value is -3.54. The highest BCUT2D eigenvalue weighted by atomic mass is 19.1. The third kappa shape index (κ3) is 2.95. The van der Waals surface area contributed by atoms with Gasteiger partial charge in [-0.05, 0) is 23.6 Å². The maximum atomic E-state index is 13.6. The Morgan fingerprint density at radius 1 is 0.889 bits per heavy atom. The van der Waals surface area contributed by atoms with Crippen molar-refractivity contribution in [3.05, 3.63) is 83.2 Å². The van der Waals surface area contributed by atoms with Gasteiger partial charge < -0.3 is 5.32 Å². The summed E-state index contributed by atoms with van der Waals surface area (Å²) in [5.41, 5.74) is 1.12. The van der Waals surface area contributed by atoms with E-state index in [9.17, 15) is 18.8 Å². The molecule has 0 saturated carbocycles. The Balaban J connectivity index is 1.55. The largest absolute Gasteiger partial charge is 0.350 e. The molecule has 3 amide bonds. The minimum Gasteiger partial charge on any atom is -0.350 e. The molecule has 0 fully saturated rings. The van der Waals surface area contributed by atoms with Gasteiger partial charge in [-0.1, -0.05) is 42.5 Å². The first-order chi connectivity index (χ1) is 13.1. The van der Waals surface area contributed by atoms with Crippen molar-refractivity contribution in [2.24, 2.45) is 0 Å². The zero-order valence-electron chi connectivity index (χ0n) is 14.2. The quantitative estimate of drug-likeness (QED) is 0.726. The highest BCUT2D eigenvalue weighted by Crippen LogP contribution is 2.29. The number of carbonyl (C=O) groups excluding carboxylic acids is 3. The molecule has 3 aromatic carbocycles. The van der Waals surface area contributed by atoms with Crippen LogP contribution in [0.2, 0.25) is 0 Å². The number of carbonyl (C=O) groups is 3. The number of nitrogens with zero attached hydrogens (tertiary/aromatic N) is 1. The van der Waals surface area contributed by atoms with Gasteiger partial charge in [0.15, 0.2) is 0 Å². The van der Waals surface area contributed by atoms with Crippen LogP contribution in [0.15, 0.2) is 60.7 Å². The first kappa shape index (κ1) is 16.9. The van der Waals surface area contributed by atoms with Crippen molar-refractivity contribution in [1.29, 1.82) is 0 Å². The fraction of sp³-hybridized carbons (Fsp3) is 0.0952. The van der Waals surface area contributed by atoms with Crippen LogP contribution >= 0.6 is 0 Å². The number of rotatable bonds is 4. The second kappa shape index (κ2) is 6.64. The smallest absolute Gasteiger partial charge is 0.261 e. The lowest BCUT2D eigenvalue weighted by Crippen LogP contribution is -2.46. The predicted molar refractivity (Wildman–Crippen MR) is 97.6 cm³/mol. The van der Waals surface area contributed by atoms with E-state index >= 15 is 0 Å². The lowest BCUT2D eigenvalue weighted by Gasteiger charge is -2.26. The summed E-state index contributed by atoms with van der Waals surface area (Å²) in [5, 5.41) is 3.96. The number of halogens is 1. The van der Waals surface area contributed by atoms with Crippen molar-refractivity contribution in [3.63, 3.8) is 0 Å². The number of benzene rings is 3. The van der Waals surface area contributed by atoms with Gasteiger partial charge in [0.25, 0.3) is 11.8 Å². The number of amides is 3. The molecule has 1 heterocycles. The second-order valence-electron chi connectivity index (χ2n) is 6.27. The monoisotopic (exact) mass is 362 g/mol. The van der Waals surface area contributed by atoms with Crippen LogP contribution in [0.1, 0.15) is 26.3 Å². The average molecular weight is 362 g/mol. The molecule has 0 spiro atoms. The van der Waals surface area contributed by atoms with Crippen molar-refractivity contribution in [1.82, 2.24) is 10.2 Å². The molecule has 0 saturated heterocycles. The zero-order chi connectivity index (χ0) is 19.0. The lowest BCUT2D eigenvalue weighted by atomic mass is 9.94. The van der Waals surface area contributed by atoms with Crippen LogP contribution in [-0.2, 0) is 11.3 Å². The van der Waals surface area contributed by atoms with E-state index < -0.39 is 30.1 Å². The lowest BCUT2D eigenvalue weighted by molar-refractivity contribution is -0.121. The first-order valence-corrected chi connectivity index (χ1v) is 8.44. The molecule has 1 N–H and O–H groups in total. The summed E-state index contributed by atoms with van der Waals surface area (Å²) in [6.07, 6.45) is 0. The van der Waals surface area contributed by atoms with Crippen LogP contribution in [0.5, 0.6) is 0 Å². The second-order valence-corrected chi connectivity index (χ2v) is 6.27. The molecule has 4 rings (SSSR count). The molecule has 1 aliphatic rings. The first-order valence-electron chi connectivity index (χ1n) is 8.44. The molecule has 0 aromatic heterocycles. The molecular weight excluding hydrogens is 347 g/mol. The van der Waals surface area contributed by atoms with Gasteiger partial charge in [0.1, 0.15) is 12.4 Å². The summed E-state index contributed by atoms with van der Waals surface area (Å²) in [5.74, 6) is -1.98. The van der Waals surface area contributed by atoms with E-state index in [1.807, 2.05) is 12.1 Å². The van der Waals surface area contributed by atoms with Gasteiger partial charge in [-0.15, -0.1) is 0 Å². The molecule has 0 aliphatic carbocycles. The molecule has 1 aliphatic heterocycles. The van der Waals surface area contributed by atoms with Gasteiger partial charge in [-0.2, -0.15) is 0 Å². The number of nitrogens with one attached hydrogen (secondary N) is 1. The Kier molecular flexibility index (Phi) is 4.16. The average Bonchev–Trinajstić information content (AvgIpc) is 2.68. The number of hydrogen-bond donors (Lipinski definition) is 1.